The Kier molecular flexibility index (Phi) is 9.10. The maximum Gasteiger partial charge on any atom is 0.319 e. The van der Waals surface area contributed by atoms with E-state index in [0.29, 0.717) is 30.9 Å². The number of amides is 2. The summed E-state index contributed by atoms with van der Waals surface area (Å²) in [6, 6.07) is 21.6. The van der Waals surface area contributed by atoms with Gasteiger partial charge in [0.2, 0.25) is 0 Å². The fourth-order valence-electron chi connectivity index (χ4n) is 4.44. The number of rotatable bonds is 9. The quantitative estimate of drug-likeness (QED) is 0.259. The summed E-state index contributed by atoms with van der Waals surface area (Å²) in [5.41, 5.74) is 4.68. The summed E-state index contributed by atoms with van der Waals surface area (Å²) >= 11 is 1.54. The molecule has 0 radical (unpaired) electrons. The lowest BCUT2D eigenvalue weighted by atomic mass is 10.1. The van der Waals surface area contributed by atoms with Crippen molar-refractivity contribution >= 4 is 34.4 Å². The zero-order chi connectivity index (χ0) is 27.7. The average Bonchev–Trinajstić information content (AvgIpc) is 3.39. The van der Waals surface area contributed by atoms with Crippen molar-refractivity contribution < 1.29 is 18.7 Å². The number of anilines is 2. The third kappa shape index (κ3) is 7.08. The summed E-state index contributed by atoms with van der Waals surface area (Å²) in [5.74, 6) is 0.435. The Morgan fingerprint density at radius 3 is 2.45 bits per heavy atom. The minimum atomic E-state index is -0.293. The molecule has 1 fully saturated rings. The van der Waals surface area contributed by atoms with Crippen LogP contribution in [-0.4, -0.2) is 50.6 Å². The number of urea groups is 1. The summed E-state index contributed by atoms with van der Waals surface area (Å²) in [6.07, 6.45) is 0.697. The van der Waals surface area contributed by atoms with Crippen LogP contribution in [-0.2, 0) is 11.3 Å². The molecule has 0 saturated carbocycles. The van der Waals surface area contributed by atoms with Crippen LogP contribution in [0.1, 0.15) is 6.42 Å². The normalized spacial score (nSPS) is 13.8. The topological polar surface area (TPSA) is 80.1 Å². The van der Waals surface area contributed by atoms with E-state index in [1.54, 1.807) is 43.5 Å². The molecule has 0 unspecified atom stereocenters. The standard InChI is InChI=1S/C30H32FN5O3S/c1-38-27-13-9-24(10-14-27)33-29(37)32-15-2-16-36-28(21-40-30(36)34-25-7-5-23(31)6-8-25)22-3-11-26(12-4-22)35-17-19-39-20-18-35/h3-14,21H,2,15-20H2,1H3,(H2,32,33,37). The van der Waals surface area contributed by atoms with Crippen LogP contribution in [0.2, 0.25) is 0 Å². The molecule has 1 saturated heterocycles. The van der Waals surface area contributed by atoms with Crippen molar-refractivity contribution in [2.75, 3.05) is 50.2 Å². The highest BCUT2D eigenvalue weighted by molar-refractivity contribution is 7.07. The van der Waals surface area contributed by atoms with E-state index in [1.807, 2.05) is 0 Å². The third-order valence-electron chi connectivity index (χ3n) is 6.58. The van der Waals surface area contributed by atoms with E-state index in [9.17, 15) is 9.18 Å². The van der Waals surface area contributed by atoms with E-state index >= 15 is 0 Å². The van der Waals surface area contributed by atoms with Crippen molar-refractivity contribution in [3.8, 4) is 17.0 Å². The number of carbonyl (C=O) groups excluding carboxylic acids is 1. The number of nitrogens with zero attached hydrogens (tertiary/aromatic N) is 3. The number of methoxy groups -OCH3 is 1. The molecule has 0 aliphatic carbocycles. The number of ether oxygens (including phenoxy) is 2. The molecule has 5 rings (SSSR count). The van der Waals surface area contributed by atoms with Crippen LogP contribution in [0.3, 0.4) is 0 Å². The largest absolute Gasteiger partial charge is 0.497 e. The van der Waals surface area contributed by atoms with Gasteiger partial charge in [-0.2, -0.15) is 0 Å². The van der Waals surface area contributed by atoms with Crippen LogP contribution in [0.4, 0.5) is 26.2 Å². The maximum absolute atomic E-state index is 13.4. The van der Waals surface area contributed by atoms with Crippen molar-refractivity contribution in [2.45, 2.75) is 13.0 Å². The number of hydrogen-bond acceptors (Lipinski definition) is 6. The summed E-state index contributed by atoms with van der Waals surface area (Å²) < 4.78 is 26.2. The van der Waals surface area contributed by atoms with E-state index < -0.39 is 0 Å². The van der Waals surface area contributed by atoms with Gasteiger partial charge in [0.15, 0.2) is 4.80 Å². The smallest absolute Gasteiger partial charge is 0.319 e. The van der Waals surface area contributed by atoms with Gasteiger partial charge in [-0.05, 0) is 72.6 Å². The number of aromatic nitrogens is 1. The summed E-state index contributed by atoms with van der Waals surface area (Å²) in [6.45, 7) is 4.39. The fraction of sp³-hybridized carbons (Fsp3) is 0.267. The van der Waals surface area contributed by atoms with Crippen molar-refractivity contribution in [1.29, 1.82) is 0 Å². The second-order valence-corrected chi connectivity index (χ2v) is 10.1. The molecule has 1 aliphatic rings. The lowest BCUT2D eigenvalue weighted by Crippen LogP contribution is -2.36. The van der Waals surface area contributed by atoms with Gasteiger partial charge in [-0.1, -0.05) is 12.1 Å². The molecule has 1 aromatic heterocycles. The summed E-state index contributed by atoms with van der Waals surface area (Å²) in [4.78, 5) is 20.3. The first-order chi connectivity index (χ1) is 19.6. The van der Waals surface area contributed by atoms with E-state index in [2.05, 4.69) is 49.7 Å². The molecule has 208 valence electrons. The number of thiazole rings is 1. The van der Waals surface area contributed by atoms with E-state index in [-0.39, 0.29) is 11.8 Å². The van der Waals surface area contributed by atoms with Gasteiger partial charge in [0.1, 0.15) is 11.6 Å². The Labute approximate surface area is 236 Å². The predicted molar refractivity (Wildman–Crippen MR) is 157 cm³/mol. The van der Waals surface area contributed by atoms with Gasteiger partial charge in [-0.3, -0.25) is 0 Å². The third-order valence-corrected chi connectivity index (χ3v) is 7.44. The van der Waals surface area contributed by atoms with Gasteiger partial charge in [0.05, 0.1) is 31.7 Å². The van der Waals surface area contributed by atoms with Gasteiger partial charge in [-0.15, -0.1) is 11.3 Å². The average molecular weight is 562 g/mol. The van der Waals surface area contributed by atoms with Crippen LogP contribution >= 0.6 is 11.3 Å². The number of hydrogen-bond donors (Lipinski definition) is 2. The minimum Gasteiger partial charge on any atom is -0.497 e. The molecule has 2 N–H and O–H groups in total. The van der Waals surface area contributed by atoms with Gasteiger partial charge in [0.25, 0.3) is 0 Å². The molecule has 0 bridgehead atoms. The van der Waals surface area contributed by atoms with Gasteiger partial charge < -0.3 is 29.6 Å². The highest BCUT2D eigenvalue weighted by Crippen LogP contribution is 2.25. The lowest BCUT2D eigenvalue weighted by molar-refractivity contribution is 0.122. The molecule has 2 amide bonds. The maximum atomic E-state index is 13.4. The second kappa shape index (κ2) is 13.3. The fourth-order valence-corrected chi connectivity index (χ4v) is 5.40. The molecule has 3 aromatic carbocycles. The number of carbonyl (C=O) groups is 1. The molecule has 8 nitrogen and oxygen atoms in total. The Morgan fingerprint density at radius 2 is 1.75 bits per heavy atom. The van der Waals surface area contributed by atoms with Crippen molar-refractivity contribution in [3.63, 3.8) is 0 Å². The first kappa shape index (κ1) is 27.4. The zero-order valence-corrected chi connectivity index (χ0v) is 23.1. The number of halogens is 1. The Balaban J connectivity index is 1.29. The lowest BCUT2D eigenvalue weighted by Gasteiger charge is -2.28. The molecular formula is C30H32FN5O3S. The van der Waals surface area contributed by atoms with E-state index in [1.165, 1.54) is 29.2 Å². The predicted octanol–water partition coefficient (Wildman–Crippen LogP) is 5.65. The molecule has 0 atom stereocenters. The molecule has 4 aromatic rings. The minimum absolute atomic E-state index is 0.268. The molecule has 40 heavy (non-hydrogen) atoms. The molecule has 10 heteroatoms. The van der Waals surface area contributed by atoms with Crippen molar-refractivity contribution in [3.05, 3.63) is 88.8 Å². The SMILES string of the molecule is COc1ccc(NC(=O)NCCCn2c(-c3ccc(N4CCOCC4)cc3)csc2=Nc2ccc(F)cc2)cc1. The molecule has 1 aliphatic heterocycles. The second-order valence-electron chi connectivity index (χ2n) is 9.25. The number of benzene rings is 3. The van der Waals surface area contributed by atoms with Gasteiger partial charge in [-0.25, -0.2) is 14.2 Å². The Hall–Kier alpha value is -4.15. The van der Waals surface area contributed by atoms with Crippen LogP contribution in [0.15, 0.2) is 83.2 Å². The molecular weight excluding hydrogens is 529 g/mol. The first-order valence-electron chi connectivity index (χ1n) is 13.2. The first-order valence-corrected chi connectivity index (χ1v) is 14.1. The molecule has 2 heterocycles. The Morgan fingerprint density at radius 1 is 1.02 bits per heavy atom. The van der Waals surface area contributed by atoms with Crippen molar-refractivity contribution in [2.24, 2.45) is 4.99 Å². The molecule has 0 spiro atoms. The summed E-state index contributed by atoms with van der Waals surface area (Å²) in [5, 5.41) is 7.85. The summed E-state index contributed by atoms with van der Waals surface area (Å²) in [7, 11) is 1.60. The van der Waals surface area contributed by atoms with Gasteiger partial charge >= 0.3 is 6.03 Å². The van der Waals surface area contributed by atoms with Crippen molar-refractivity contribution in [1.82, 2.24) is 9.88 Å². The highest BCUT2D eigenvalue weighted by atomic mass is 32.1. The monoisotopic (exact) mass is 561 g/mol. The van der Waals surface area contributed by atoms with Gasteiger partial charge in [0, 0.05) is 42.9 Å². The number of nitrogens with one attached hydrogen (secondary N) is 2. The Bertz CT molecular complexity index is 1460. The zero-order valence-electron chi connectivity index (χ0n) is 22.3. The van der Waals surface area contributed by atoms with E-state index in [4.69, 9.17) is 14.5 Å². The van der Waals surface area contributed by atoms with Crippen LogP contribution in [0.5, 0.6) is 5.75 Å². The van der Waals surface area contributed by atoms with Crippen LogP contribution in [0.25, 0.3) is 11.3 Å². The van der Waals surface area contributed by atoms with Crippen LogP contribution in [0, 0.1) is 5.82 Å². The highest BCUT2D eigenvalue weighted by Gasteiger charge is 2.13. The van der Waals surface area contributed by atoms with Crippen LogP contribution < -0.4 is 25.1 Å². The van der Waals surface area contributed by atoms with E-state index in [0.717, 1.165) is 48.1 Å². The number of morpholine rings is 1.